The van der Waals surface area contributed by atoms with Gasteiger partial charge in [0.2, 0.25) is 0 Å². The highest BCUT2D eigenvalue weighted by Gasteiger charge is 2.94. The van der Waals surface area contributed by atoms with E-state index >= 15 is 0 Å². The van der Waals surface area contributed by atoms with E-state index in [1.165, 1.54) is 0 Å². The predicted molar refractivity (Wildman–Crippen MR) is 111 cm³/mol. The van der Waals surface area contributed by atoms with Gasteiger partial charge in [-0.2, -0.15) is 70.2 Å². The molecule has 0 aliphatic carbocycles. The van der Waals surface area contributed by atoms with Gasteiger partial charge in [-0.3, -0.25) is 0 Å². The van der Waals surface area contributed by atoms with E-state index in [0.717, 1.165) is 0 Å². The molecule has 16 heteroatoms. The van der Waals surface area contributed by atoms with Crippen molar-refractivity contribution in [1.82, 2.24) is 0 Å². The number of hydrogen-bond donors (Lipinski definition) is 0. The van der Waals surface area contributed by atoms with Crippen LogP contribution in [-0.4, -0.2) is 47.4 Å². The van der Waals surface area contributed by atoms with E-state index in [1.807, 2.05) is 0 Å². The van der Waals surface area contributed by atoms with Gasteiger partial charge in [0.05, 0.1) is 0 Å². The molecule has 0 N–H and O–H groups in total. The number of halogens is 16. The highest BCUT2D eigenvalue weighted by Crippen LogP contribution is 2.64. The Morgan fingerprint density at radius 1 is 0.282 bits per heavy atom. The van der Waals surface area contributed by atoms with Gasteiger partial charge < -0.3 is 0 Å². The van der Waals surface area contributed by atoms with Crippen molar-refractivity contribution >= 4 is 0 Å². The molecule has 0 nitrogen and oxygen atoms in total. The van der Waals surface area contributed by atoms with Gasteiger partial charge in [-0.15, -0.1) is 0 Å². The molecule has 0 amide bonds. The van der Waals surface area contributed by atoms with Gasteiger partial charge in [-0.05, 0) is 12.8 Å². The summed E-state index contributed by atoms with van der Waals surface area (Å²) in [6.07, 6.45) is -4.44. The quantitative estimate of drug-likeness (QED) is 0.0948. The zero-order valence-electron chi connectivity index (χ0n) is 21.2. The number of alkyl halides is 16. The van der Waals surface area contributed by atoms with Crippen LogP contribution in [0.5, 0.6) is 0 Å². The van der Waals surface area contributed by atoms with Crippen LogP contribution in [0.1, 0.15) is 97.3 Å². The normalized spacial score (nSPS) is 15.2. The average molecular weight is 612 g/mol. The van der Waals surface area contributed by atoms with Gasteiger partial charge >= 0.3 is 47.4 Å². The van der Waals surface area contributed by atoms with Crippen LogP contribution in [0.15, 0.2) is 0 Å². The third kappa shape index (κ3) is 7.21. The Hall–Kier alpha value is -1.12. The van der Waals surface area contributed by atoms with E-state index in [9.17, 15) is 70.2 Å². The Kier molecular flexibility index (Phi) is 12.9. The van der Waals surface area contributed by atoms with Crippen molar-refractivity contribution in [3.8, 4) is 0 Å². The zero-order valence-corrected chi connectivity index (χ0v) is 21.2. The molecule has 0 aliphatic heterocycles. The molecule has 0 radical (unpaired) electrons. The summed E-state index contributed by atoms with van der Waals surface area (Å²) in [6, 6.07) is 0. The maximum absolute atomic E-state index is 14.0. The molecule has 0 aliphatic rings. The zero-order chi connectivity index (χ0) is 31.2. The predicted octanol–water partition coefficient (Wildman–Crippen LogP) is 11.2. The molecule has 0 bridgehead atoms. The summed E-state index contributed by atoms with van der Waals surface area (Å²) in [7, 11) is 0. The highest BCUT2D eigenvalue weighted by molar-refractivity contribution is 5.15. The first kappa shape index (κ1) is 37.9. The minimum Gasteiger partial charge on any atom is -0.200 e. The summed E-state index contributed by atoms with van der Waals surface area (Å²) in [5, 5.41) is 0. The van der Waals surface area contributed by atoms with Crippen molar-refractivity contribution in [1.29, 1.82) is 0 Å². The molecule has 0 unspecified atom stereocenters. The van der Waals surface area contributed by atoms with Crippen LogP contribution in [0, 0.1) is 0 Å². The summed E-state index contributed by atoms with van der Waals surface area (Å²) in [6.45, 7) is 3.37. The van der Waals surface area contributed by atoms with Crippen LogP contribution in [0.2, 0.25) is 0 Å². The summed E-state index contributed by atoms with van der Waals surface area (Å²) < 4.78 is 223. The van der Waals surface area contributed by atoms with Crippen LogP contribution in [0.4, 0.5) is 70.2 Å². The van der Waals surface area contributed by atoms with Gasteiger partial charge in [0.1, 0.15) is 0 Å². The molecule has 0 saturated carbocycles. The fourth-order valence-corrected chi connectivity index (χ4v) is 3.64. The third-order valence-corrected chi connectivity index (χ3v) is 6.33. The largest absolute Gasteiger partial charge is 0.384 e. The average Bonchev–Trinajstić information content (AvgIpc) is 2.80. The van der Waals surface area contributed by atoms with E-state index in [1.54, 1.807) is 13.8 Å². The molecular formula is C23H32F16. The second-order valence-electron chi connectivity index (χ2n) is 9.54. The van der Waals surface area contributed by atoms with E-state index in [4.69, 9.17) is 0 Å². The molecule has 0 aromatic carbocycles. The van der Waals surface area contributed by atoms with Crippen molar-refractivity contribution in [2.45, 2.75) is 145 Å². The van der Waals surface area contributed by atoms with Gasteiger partial charge in [0, 0.05) is 12.8 Å². The second-order valence-corrected chi connectivity index (χ2v) is 9.54. The van der Waals surface area contributed by atoms with E-state index in [0.29, 0.717) is 32.1 Å². The lowest BCUT2D eigenvalue weighted by molar-refractivity contribution is -0.453. The van der Waals surface area contributed by atoms with Crippen molar-refractivity contribution in [2.24, 2.45) is 0 Å². The Bertz CT molecular complexity index is 730. The fraction of sp³-hybridized carbons (Fsp3) is 1.00. The Morgan fingerprint density at radius 2 is 0.487 bits per heavy atom. The standard InChI is InChI=1S/C23H32F16/c1-3-5-7-9-11-13-15-17(26,27)19(30,31)21(34,35)23(38,39)22(36,37)20(32,33)18(28,29)16(24,25)14-12-10-8-6-4-2/h3-15H2,1-2H3. The van der Waals surface area contributed by atoms with Crippen LogP contribution >= 0.6 is 0 Å². The van der Waals surface area contributed by atoms with Crippen molar-refractivity contribution in [3.63, 3.8) is 0 Å². The lowest BCUT2D eigenvalue weighted by atomic mass is 9.86. The molecule has 236 valence electrons. The second kappa shape index (κ2) is 13.2. The van der Waals surface area contributed by atoms with Crippen molar-refractivity contribution < 1.29 is 70.2 Å². The smallest absolute Gasteiger partial charge is 0.200 e. The maximum Gasteiger partial charge on any atom is 0.384 e. The van der Waals surface area contributed by atoms with Crippen LogP contribution in [0.25, 0.3) is 0 Å². The summed E-state index contributed by atoms with van der Waals surface area (Å²) in [5.74, 6) is -60.2. The molecule has 0 aromatic heterocycles. The lowest BCUT2D eigenvalue weighted by Crippen LogP contribution is -2.74. The first-order valence-electron chi connectivity index (χ1n) is 12.4. The minimum atomic E-state index is -8.34. The van der Waals surface area contributed by atoms with Gasteiger partial charge in [-0.1, -0.05) is 71.6 Å². The van der Waals surface area contributed by atoms with Gasteiger partial charge in [-0.25, -0.2) is 0 Å². The molecule has 0 fully saturated rings. The Balaban J connectivity index is 6.10. The third-order valence-electron chi connectivity index (χ3n) is 6.33. The number of unbranched alkanes of at least 4 members (excludes halogenated alkanes) is 9. The topological polar surface area (TPSA) is 0 Å². The SMILES string of the molecule is CCCCCCCCC(F)(F)C(F)(F)C(F)(F)C(F)(F)C(F)(F)C(F)(F)C(F)(F)C(F)(F)CCCCCCC. The van der Waals surface area contributed by atoms with E-state index < -0.39 is 73.1 Å². The minimum absolute atomic E-state index is 0.108. The molecule has 0 heterocycles. The summed E-state index contributed by atoms with van der Waals surface area (Å²) in [4.78, 5) is 0. The van der Waals surface area contributed by atoms with Crippen LogP contribution in [0.3, 0.4) is 0 Å². The first-order valence-corrected chi connectivity index (χ1v) is 12.4. The molecule has 0 aromatic rings. The Labute approximate surface area is 215 Å². The maximum atomic E-state index is 14.0. The van der Waals surface area contributed by atoms with Crippen LogP contribution < -0.4 is 0 Å². The molecular weight excluding hydrogens is 580 g/mol. The van der Waals surface area contributed by atoms with Crippen molar-refractivity contribution in [2.75, 3.05) is 0 Å². The summed E-state index contributed by atoms with van der Waals surface area (Å²) >= 11 is 0. The molecule has 0 rings (SSSR count). The lowest BCUT2D eigenvalue weighted by Gasteiger charge is -2.43. The van der Waals surface area contributed by atoms with Crippen LogP contribution in [-0.2, 0) is 0 Å². The first-order chi connectivity index (χ1) is 17.4. The number of rotatable bonds is 20. The van der Waals surface area contributed by atoms with Crippen molar-refractivity contribution in [3.05, 3.63) is 0 Å². The van der Waals surface area contributed by atoms with E-state index in [-0.39, 0.29) is 25.7 Å². The molecule has 0 atom stereocenters. The number of hydrogen-bond acceptors (Lipinski definition) is 0. The monoisotopic (exact) mass is 612 g/mol. The Morgan fingerprint density at radius 3 is 0.744 bits per heavy atom. The van der Waals surface area contributed by atoms with Gasteiger partial charge in [0.25, 0.3) is 0 Å². The molecule has 39 heavy (non-hydrogen) atoms. The summed E-state index contributed by atoms with van der Waals surface area (Å²) in [5.41, 5.74) is 0. The fourth-order valence-electron chi connectivity index (χ4n) is 3.64. The molecule has 0 saturated heterocycles. The molecule has 0 spiro atoms. The highest BCUT2D eigenvalue weighted by atomic mass is 19.4. The van der Waals surface area contributed by atoms with E-state index in [2.05, 4.69) is 0 Å². The van der Waals surface area contributed by atoms with Gasteiger partial charge in [0.15, 0.2) is 0 Å².